The van der Waals surface area contributed by atoms with Crippen LogP contribution < -0.4 is 0 Å². The zero-order chi connectivity index (χ0) is 14.4. The largest absolute Gasteiger partial charge is 0.294 e. The fourth-order valence-corrected chi connectivity index (χ4v) is 4.61. The molecular formula is C19H19BrO. The van der Waals surface area contributed by atoms with Crippen molar-refractivity contribution in [2.45, 2.75) is 44.9 Å². The SMILES string of the molecule is O=C1c2cc(Br)ccc2CC12CCC1=C(CCC=C1)CC2. The second-order valence-corrected chi connectivity index (χ2v) is 7.57. The van der Waals surface area contributed by atoms with Crippen LogP contribution in [-0.4, -0.2) is 5.78 Å². The summed E-state index contributed by atoms with van der Waals surface area (Å²) in [6.07, 6.45) is 12.2. The highest BCUT2D eigenvalue weighted by molar-refractivity contribution is 9.10. The highest BCUT2D eigenvalue weighted by Crippen LogP contribution is 2.48. The molecule has 1 atom stereocenters. The van der Waals surface area contributed by atoms with E-state index >= 15 is 0 Å². The minimum absolute atomic E-state index is 0.131. The first-order chi connectivity index (χ1) is 10.2. The number of halogens is 1. The molecule has 0 amide bonds. The van der Waals surface area contributed by atoms with E-state index < -0.39 is 0 Å². The Hall–Kier alpha value is -1.15. The number of ketones is 1. The number of carbonyl (C=O) groups is 1. The Kier molecular flexibility index (Phi) is 3.18. The number of allylic oxidation sites excluding steroid dienone is 4. The van der Waals surface area contributed by atoms with Crippen molar-refractivity contribution in [2.75, 3.05) is 0 Å². The van der Waals surface area contributed by atoms with Crippen molar-refractivity contribution in [1.82, 2.24) is 0 Å². The van der Waals surface area contributed by atoms with E-state index in [0.717, 1.165) is 42.1 Å². The van der Waals surface area contributed by atoms with E-state index in [9.17, 15) is 4.79 Å². The molecule has 0 aromatic heterocycles. The fourth-order valence-electron chi connectivity index (χ4n) is 4.24. The molecule has 0 saturated carbocycles. The van der Waals surface area contributed by atoms with Gasteiger partial charge in [0.1, 0.15) is 0 Å². The van der Waals surface area contributed by atoms with Crippen LogP contribution in [0.1, 0.15) is 54.4 Å². The molecule has 0 aliphatic heterocycles. The van der Waals surface area contributed by atoms with Gasteiger partial charge in [-0.3, -0.25) is 4.79 Å². The standard InChI is InChI=1S/C19H19BrO/c20-16-6-5-15-12-19(18(21)17(15)11-16)9-7-13-3-1-2-4-14(13)8-10-19/h1,3,5-6,11H,2,4,7-10,12H2. The third-order valence-corrected chi connectivity index (χ3v) is 5.98. The van der Waals surface area contributed by atoms with Crippen molar-refractivity contribution in [3.8, 4) is 0 Å². The average molecular weight is 343 g/mol. The zero-order valence-electron chi connectivity index (χ0n) is 12.1. The molecule has 1 aromatic carbocycles. The summed E-state index contributed by atoms with van der Waals surface area (Å²) in [5.74, 6) is 0.391. The van der Waals surface area contributed by atoms with E-state index in [-0.39, 0.29) is 5.41 Å². The van der Waals surface area contributed by atoms with Crippen LogP contribution in [0.15, 0.2) is 46.0 Å². The zero-order valence-corrected chi connectivity index (χ0v) is 13.7. The molecular weight excluding hydrogens is 324 g/mol. The molecule has 4 rings (SSSR count). The van der Waals surface area contributed by atoms with Gasteiger partial charge in [0.05, 0.1) is 0 Å². The lowest BCUT2D eigenvalue weighted by atomic mass is 9.76. The lowest BCUT2D eigenvalue weighted by Crippen LogP contribution is -2.27. The molecule has 1 spiro atoms. The molecule has 3 aliphatic rings. The number of hydrogen-bond acceptors (Lipinski definition) is 1. The van der Waals surface area contributed by atoms with Gasteiger partial charge < -0.3 is 0 Å². The summed E-state index contributed by atoms with van der Waals surface area (Å²) in [6, 6.07) is 6.21. The molecule has 0 N–H and O–H groups in total. The van der Waals surface area contributed by atoms with Gasteiger partial charge in [-0.05, 0) is 68.2 Å². The van der Waals surface area contributed by atoms with Gasteiger partial charge in [-0.25, -0.2) is 0 Å². The van der Waals surface area contributed by atoms with Crippen LogP contribution in [0.5, 0.6) is 0 Å². The molecule has 0 radical (unpaired) electrons. The number of hydrogen-bond donors (Lipinski definition) is 0. The van der Waals surface area contributed by atoms with Crippen LogP contribution in [0.2, 0.25) is 0 Å². The summed E-state index contributed by atoms with van der Waals surface area (Å²) in [6.45, 7) is 0. The molecule has 108 valence electrons. The van der Waals surface area contributed by atoms with E-state index in [4.69, 9.17) is 0 Å². The molecule has 3 aliphatic carbocycles. The van der Waals surface area contributed by atoms with Gasteiger partial charge in [0.25, 0.3) is 0 Å². The Bertz CT molecular complexity index is 683. The normalized spacial score (nSPS) is 27.8. The number of carbonyl (C=O) groups excluding carboxylic acids is 1. The summed E-state index contributed by atoms with van der Waals surface area (Å²) >= 11 is 3.50. The van der Waals surface area contributed by atoms with E-state index in [1.807, 2.05) is 6.07 Å². The summed E-state index contributed by atoms with van der Waals surface area (Å²) in [5, 5.41) is 0. The second-order valence-electron chi connectivity index (χ2n) is 6.66. The van der Waals surface area contributed by atoms with Crippen LogP contribution in [0.25, 0.3) is 0 Å². The molecule has 1 aromatic rings. The van der Waals surface area contributed by atoms with Gasteiger partial charge in [-0.1, -0.05) is 39.7 Å². The predicted molar refractivity (Wildman–Crippen MR) is 88.5 cm³/mol. The molecule has 2 heteroatoms. The van der Waals surface area contributed by atoms with Gasteiger partial charge in [-0.2, -0.15) is 0 Å². The number of fused-ring (bicyclic) bond motifs is 1. The first-order valence-corrected chi connectivity index (χ1v) is 8.68. The van der Waals surface area contributed by atoms with Gasteiger partial charge in [0.2, 0.25) is 0 Å². The number of rotatable bonds is 0. The molecule has 0 fully saturated rings. The minimum atomic E-state index is -0.131. The predicted octanol–water partition coefficient (Wildman–Crippen LogP) is 5.39. The van der Waals surface area contributed by atoms with Crippen molar-refractivity contribution in [1.29, 1.82) is 0 Å². The van der Waals surface area contributed by atoms with Crippen LogP contribution in [0.3, 0.4) is 0 Å². The third kappa shape index (κ3) is 2.15. The Morgan fingerprint density at radius 1 is 1.10 bits per heavy atom. The summed E-state index contributed by atoms with van der Waals surface area (Å²) in [5.41, 5.74) is 5.20. The second kappa shape index (κ2) is 4.95. The van der Waals surface area contributed by atoms with Crippen molar-refractivity contribution in [3.05, 3.63) is 57.1 Å². The summed E-state index contributed by atoms with van der Waals surface area (Å²) in [4.78, 5) is 13.0. The minimum Gasteiger partial charge on any atom is -0.294 e. The van der Waals surface area contributed by atoms with Crippen LogP contribution in [-0.2, 0) is 6.42 Å². The molecule has 0 bridgehead atoms. The monoisotopic (exact) mass is 342 g/mol. The summed E-state index contributed by atoms with van der Waals surface area (Å²) in [7, 11) is 0. The highest BCUT2D eigenvalue weighted by atomic mass is 79.9. The molecule has 0 saturated heterocycles. The number of benzene rings is 1. The summed E-state index contributed by atoms with van der Waals surface area (Å²) < 4.78 is 1.01. The maximum Gasteiger partial charge on any atom is 0.169 e. The third-order valence-electron chi connectivity index (χ3n) is 5.49. The van der Waals surface area contributed by atoms with Crippen LogP contribution >= 0.6 is 15.9 Å². The molecule has 21 heavy (non-hydrogen) atoms. The van der Waals surface area contributed by atoms with Gasteiger partial charge in [0.15, 0.2) is 5.78 Å². The first kappa shape index (κ1) is 13.5. The average Bonchev–Trinajstić information content (AvgIpc) is 2.66. The van der Waals surface area contributed by atoms with E-state index in [2.05, 4.69) is 40.2 Å². The van der Waals surface area contributed by atoms with Crippen LogP contribution in [0, 0.1) is 5.41 Å². The van der Waals surface area contributed by atoms with Crippen molar-refractivity contribution < 1.29 is 4.79 Å². The Morgan fingerprint density at radius 3 is 2.86 bits per heavy atom. The van der Waals surface area contributed by atoms with Crippen molar-refractivity contribution in [2.24, 2.45) is 5.41 Å². The van der Waals surface area contributed by atoms with Gasteiger partial charge in [0, 0.05) is 15.5 Å². The maximum atomic E-state index is 13.0. The number of Topliss-reactive ketones (excluding diaryl/α,β-unsaturated/α-hetero) is 1. The molecule has 1 nitrogen and oxygen atoms in total. The topological polar surface area (TPSA) is 17.1 Å². The first-order valence-electron chi connectivity index (χ1n) is 7.89. The Labute approximate surface area is 134 Å². The molecule has 1 unspecified atom stereocenters. The van der Waals surface area contributed by atoms with Gasteiger partial charge in [-0.15, -0.1) is 0 Å². The quantitative estimate of drug-likeness (QED) is 0.617. The van der Waals surface area contributed by atoms with E-state index in [0.29, 0.717) is 5.78 Å². The fraction of sp³-hybridized carbons (Fsp3) is 0.421. The van der Waals surface area contributed by atoms with E-state index in [1.165, 1.54) is 24.0 Å². The Morgan fingerprint density at radius 2 is 1.95 bits per heavy atom. The molecule has 0 heterocycles. The smallest absolute Gasteiger partial charge is 0.169 e. The Balaban J connectivity index is 1.66. The lowest BCUT2D eigenvalue weighted by molar-refractivity contribution is 0.0793. The van der Waals surface area contributed by atoms with Crippen molar-refractivity contribution >= 4 is 21.7 Å². The maximum absolute atomic E-state index is 13.0. The van der Waals surface area contributed by atoms with E-state index in [1.54, 1.807) is 5.57 Å². The highest BCUT2D eigenvalue weighted by Gasteiger charge is 2.45. The lowest BCUT2D eigenvalue weighted by Gasteiger charge is -2.25. The van der Waals surface area contributed by atoms with Crippen molar-refractivity contribution in [3.63, 3.8) is 0 Å². The van der Waals surface area contributed by atoms with Gasteiger partial charge >= 0.3 is 0 Å². The van der Waals surface area contributed by atoms with Crippen LogP contribution in [0.4, 0.5) is 0 Å².